The Morgan fingerprint density at radius 1 is 1.56 bits per heavy atom. The first kappa shape index (κ1) is 13.0. The third-order valence-corrected chi connectivity index (χ3v) is 3.49. The van der Waals surface area contributed by atoms with E-state index >= 15 is 0 Å². The van der Waals surface area contributed by atoms with Crippen LogP contribution < -0.4 is 5.43 Å². The first-order chi connectivity index (χ1) is 8.58. The second-order valence-electron chi connectivity index (χ2n) is 4.87. The van der Waals surface area contributed by atoms with Crippen molar-refractivity contribution in [3.8, 4) is 0 Å². The van der Waals surface area contributed by atoms with E-state index in [-0.39, 0.29) is 5.95 Å². The summed E-state index contributed by atoms with van der Waals surface area (Å²) < 4.78 is 1.51. The Balaban J connectivity index is 1.88. The SMILES string of the molecule is CC1CCN(NCc2cnc([N+](=O)[O-])n2C)CC1. The summed E-state index contributed by atoms with van der Waals surface area (Å²) in [5.41, 5.74) is 4.12. The number of hydrogen-bond acceptors (Lipinski definition) is 5. The molecular weight excluding hydrogens is 234 g/mol. The average molecular weight is 253 g/mol. The van der Waals surface area contributed by atoms with Gasteiger partial charge < -0.3 is 10.1 Å². The van der Waals surface area contributed by atoms with Crippen molar-refractivity contribution in [1.82, 2.24) is 20.0 Å². The van der Waals surface area contributed by atoms with Crippen molar-refractivity contribution < 1.29 is 4.92 Å². The van der Waals surface area contributed by atoms with Crippen LogP contribution in [-0.4, -0.2) is 32.6 Å². The molecule has 100 valence electrons. The van der Waals surface area contributed by atoms with Gasteiger partial charge in [0.2, 0.25) is 0 Å². The van der Waals surface area contributed by atoms with Gasteiger partial charge in [0.05, 0.1) is 13.6 Å². The number of nitro groups is 1. The number of rotatable bonds is 4. The maximum absolute atomic E-state index is 10.7. The summed E-state index contributed by atoms with van der Waals surface area (Å²) in [4.78, 5) is 14.0. The molecule has 0 spiro atoms. The van der Waals surface area contributed by atoms with Gasteiger partial charge in [-0.2, -0.15) is 0 Å². The fraction of sp³-hybridized carbons (Fsp3) is 0.727. The predicted octanol–water partition coefficient (Wildman–Crippen LogP) is 1.06. The molecule has 1 aliphatic rings. The van der Waals surface area contributed by atoms with E-state index < -0.39 is 4.92 Å². The Bertz CT molecular complexity index is 423. The van der Waals surface area contributed by atoms with Gasteiger partial charge in [-0.15, -0.1) is 0 Å². The van der Waals surface area contributed by atoms with Crippen LogP contribution in [0.15, 0.2) is 6.20 Å². The zero-order valence-corrected chi connectivity index (χ0v) is 10.8. The highest BCUT2D eigenvalue weighted by Crippen LogP contribution is 2.15. The lowest BCUT2D eigenvalue weighted by atomic mass is 10.0. The molecule has 1 saturated heterocycles. The molecule has 1 aromatic rings. The topological polar surface area (TPSA) is 76.2 Å². The van der Waals surface area contributed by atoms with Crippen LogP contribution in [0.5, 0.6) is 0 Å². The van der Waals surface area contributed by atoms with Crippen LogP contribution in [0.3, 0.4) is 0 Å². The van der Waals surface area contributed by atoms with Gasteiger partial charge in [0.15, 0.2) is 0 Å². The smallest absolute Gasteiger partial charge is 0.390 e. The zero-order valence-electron chi connectivity index (χ0n) is 10.8. The maximum Gasteiger partial charge on any atom is 0.434 e. The van der Waals surface area contributed by atoms with E-state index in [9.17, 15) is 10.1 Å². The molecule has 7 nitrogen and oxygen atoms in total. The van der Waals surface area contributed by atoms with Crippen molar-refractivity contribution in [2.75, 3.05) is 13.1 Å². The summed E-state index contributed by atoms with van der Waals surface area (Å²) in [7, 11) is 1.67. The molecule has 1 aliphatic heterocycles. The first-order valence-corrected chi connectivity index (χ1v) is 6.21. The van der Waals surface area contributed by atoms with Crippen molar-refractivity contribution in [1.29, 1.82) is 0 Å². The molecule has 2 rings (SSSR count). The summed E-state index contributed by atoms with van der Waals surface area (Å²) >= 11 is 0. The van der Waals surface area contributed by atoms with E-state index in [0.717, 1.165) is 24.7 Å². The third kappa shape index (κ3) is 2.85. The van der Waals surface area contributed by atoms with E-state index in [0.29, 0.717) is 6.54 Å². The molecule has 1 fully saturated rings. The second kappa shape index (κ2) is 5.45. The van der Waals surface area contributed by atoms with Gasteiger partial charge >= 0.3 is 5.95 Å². The van der Waals surface area contributed by atoms with E-state index in [2.05, 4.69) is 22.3 Å². The molecule has 0 aliphatic carbocycles. The van der Waals surface area contributed by atoms with Crippen LogP contribution in [0.25, 0.3) is 0 Å². The minimum absolute atomic E-state index is 0.112. The number of piperidine rings is 1. The Morgan fingerprint density at radius 3 is 2.78 bits per heavy atom. The lowest BCUT2D eigenvalue weighted by Crippen LogP contribution is -2.43. The first-order valence-electron chi connectivity index (χ1n) is 6.21. The molecule has 0 aromatic carbocycles. The van der Waals surface area contributed by atoms with Crippen LogP contribution in [0, 0.1) is 16.0 Å². The van der Waals surface area contributed by atoms with Crippen LogP contribution in [0.2, 0.25) is 0 Å². The minimum atomic E-state index is -0.466. The molecule has 0 amide bonds. The van der Waals surface area contributed by atoms with Crippen LogP contribution >= 0.6 is 0 Å². The monoisotopic (exact) mass is 253 g/mol. The van der Waals surface area contributed by atoms with Crippen molar-refractivity contribution >= 4 is 5.95 Å². The largest absolute Gasteiger partial charge is 0.434 e. The third-order valence-electron chi connectivity index (χ3n) is 3.49. The summed E-state index contributed by atoms with van der Waals surface area (Å²) in [6, 6.07) is 0. The molecule has 0 saturated carbocycles. The molecule has 0 unspecified atom stereocenters. The second-order valence-corrected chi connectivity index (χ2v) is 4.87. The van der Waals surface area contributed by atoms with Gasteiger partial charge in [-0.25, -0.2) is 15.0 Å². The number of nitrogens with zero attached hydrogens (tertiary/aromatic N) is 4. The maximum atomic E-state index is 10.7. The Labute approximate surface area is 106 Å². The van der Waals surface area contributed by atoms with Gasteiger partial charge in [0.25, 0.3) is 0 Å². The highest BCUT2D eigenvalue weighted by molar-refractivity contribution is 5.14. The number of aromatic nitrogens is 2. The standard InChI is InChI=1S/C11H19N5O2/c1-9-3-5-15(6-4-9)13-8-10-7-12-11(14(10)2)16(17)18/h7,9,13H,3-6,8H2,1-2H3. The van der Waals surface area contributed by atoms with Gasteiger partial charge in [-0.3, -0.25) is 0 Å². The van der Waals surface area contributed by atoms with E-state index in [4.69, 9.17) is 0 Å². The lowest BCUT2D eigenvalue weighted by molar-refractivity contribution is -0.396. The van der Waals surface area contributed by atoms with Gasteiger partial charge in [0.1, 0.15) is 11.9 Å². The fourth-order valence-electron chi connectivity index (χ4n) is 2.13. The summed E-state index contributed by atoms with van der Waals surface area (Å²) in [5.74, 6) is 0.680. The van der Waals surface area contributed by atoms with Crippen molar-refractivity contribution in [3.63, 3.8) is 0 Å². The van der Waals surface area contributed by atoms with Crippen LogP contribution in [0.1, 0.15) is 25.5 Å². The molecule has 1 N–H and O–H groups in total. The van der Waals surface area contributed by atoms with Crippen LogP contribution in [0.4, 0.5) is 5.95 Å². The molecule has 18 heavy (non-hydrogen) atoms. The normalized spacial score (nSPS) is 18.1. The van der Waals surface area contributed by atoms with Gasteiger partial charge in [-0.05, 0) is 23.7 Å². The van der Waals surface area contributed by atoms with Crippen molar-refractivity contribution in [3.05, 3.63) is 22.0 Å². The number of hydrogen-bond donors (Lipinski definition) is 1. The Morgan fingerprint density at radius 2 is 2.22 bits per heavy atom. The van der Waals surface area contributed by atoms with Crippen LogP contribution in [-0.2, 0) is 13.6 Å². The van der Waals surface area contributed by atoms with E-state index in [1.54, 1.807) is 13.2 Å². The highest BCUT2D eigenvalue weighted by Gasteiger charge is 2.19. The number of imidazole rings is 1. The quantitative estimate of drug-likeness (QED) is 0.641. The predicted molar refractivity (Wildman–Crippen MR) is 66.7 cm³/mol. The molecule has 7 heteroatoms. The molecule has 0 atom stereocenters. The minimum Gasteiger partial charge on any atom is -0.390 e. The van der Waals surface area contributed by atoms with Gasteiger partial charge in [0, 0.05) is 13.1 Å². The average Bonchev–Trinajstić information content (AvgIpc) is 2.70. The van der Waals surface area contributed by atoms with Gasteiger partial charge in [-0.1, -0.05) is 11.9 Å². The molecule has 1 aromatic heterocycles. The Kier molecular flexibility index (Phi) is 3.93. The fourth-order valence-corrected chi connectivity index (χ4v) is 2.13. The molecule has 2 heterocycles. The molecule has 0 bridgehead atoms. The van der Waals surface area contributed by atoms with E-state index in [1.807, 2.05) is 0 Å². The molecule has 0 radical (unpaired) electrons. The number of hydrazine groups is 1. The molecular formula is C11H19N5O2. The summed E-state index contributed by atoms with van der Waals surface area (Å²) in [6.45, 7) is 4.90. The zero-order chi connectivity index (χ0) is 13.1. The number of nitrogens with one attached hydrogen (secondary N) is 1. The van der Waals surface area contributed by atoms with Crippen molar-refractivity contribution in [2.45, 2.75) is 26.3 Å². The highest BCUT2D eigenvalue weighted by atomic mass is 16.6. The summed E-state index contributed by atoms with van der Waals surface area (Å²) in [6.07, 6.45) is 3.94. The Hall–Kier alpha value is -1.47. The summed E-state index contributed by atoms with van der Waals surface area (Å²) in [5, 5.41) is 12.8. The van der Waals surface area contributed by atoms with Crippen molar-refractivity contribution in [2.24, 2.45) is 13.0 Å². The van der Waals surface area contributed by atoms with E-state index in [1.165, 1.54) is 17.4 Å². The lowest BCUT2D eigenvalue weighted by Gasteiger charge is -2.30.